The third-order valence-corrected chi connectivity index (χ3v) is 8.54. The fraction of sp³-hybridized carbons (Fsp3) is 0.538. The molecule has 1 atom stereocenters. The second-order valence-corrected chi connectivity index (χ2v) is 20.1. The van der Waals surface area contributed by atoms with E-state index in [0.717, 1.165) is 25.3 Å². The third kappa shape index (κ3) is 2.05. The zero-order valence-corrected chi connectivity index (χ0v) is 14.0. The fourth-order valence-electron chi connectivity index (χ4n) is 2.50. The maximum absolute atomic E-state index is 5.48. The normalized spacial score (nSPS) is 20.7. The molecule has 1 saturated heterocycles. The molecule has 0 aromatic carbocycles. The van der Waals surface area contributed by atoms with E-state index in [1.165, 1.54) is 9.10 Å². The summed E-state index contributed by atoms with van der Waals surface area (Å²) in [5.41, 5.74) is 1.04. The van der Waals surface area contributed by atoms with Crippen molar-refractivity contribution in [3.05, 3.63) is 18.3 Å². The Morgan fingerprint density at radius 2 is 2.22 bits per heavy atom. The molecule has 1 aliphatic rings. The van der Waals surface area contributed by atoms with Gasteiger partial charge in [-0.25, -0.2) is 0 Å². The minimum atomic E-state index is -2.20. The van der Waals surface area contributed by atoms with E-state index in [9.17, 15) is 0 Å². The van der Waals surface area contributed by atoms with Crippen LogP contribution in [0.4, 0.5) is 0 Å². The summed E-state index contributed by atoms with van der Waals surface area (Å²) in [6.07, 6.45) is 2.91. The van der Waals surface area contributed by atoms with Gasteiger partial charge in [-0.1, -0.05) is 0 Å². The zero-order chi connectivity index (χ0) is 12.8. The Bertz CT molecular complexity index is 567. The number of nitrogens with zero attached hydrogens (tertiary/aromatic N) is 3. The molecule has 96 valence electrons. The van der Waals surface area contributed by atoms with Gasteiger partial charge < -0.3 is 0 Å². The molecular weight excluding hydrogens is 333 g/mol. The first-order chi connectivity index (χ1) is 8.57. The van der Waals surface area contributed by atoms with Gasteiger partial charge >= 0.3 is 111 Å². The molecule has 0 bridgehead atoms. The molecule has 2 aromatic rings. The van der Waals surface area contributed by atoms with Crippen LogP contribution in [-0.2, 0) is 4.74 Å². The molecule has 0 saturated carbocycles. The molecule has 0 amide bonds. The van der Waals surface area contributed by atoms with Crippen LogP contribution < -0.4 is 3.71 Å². The van der Waals surface area contributed by atoms with Crippen LogP contribution >= 0.6 is 0 Å². The molecule has 1 fully saturated rings. The van der Waals surface area contributed by atoms with Crippen LogP contribution in [0, 0.1) is 0 Å². The third-order valence-electron chi connectivity index (χ3n) is 3.43. The first kappa shape index (κ1) is 12.4. The van der Waals surface area contributed by atoms with Crippen LogP contribution in [0.25, 0.3) is 11.0 Å². The predicted octanol–water partition coefficient (Wildman–Crippen LogP) is 1.94. The fourth-order valence-corrected chi connectivity index (χ4v) is 6.52. The molecule has 1 aliphatic heterocycles. The van der Waals surface area contributed by atoms with Crippen LogP contribution in [0.15, 0.2) is 18.3 Å². The van der Waals surface area contributed by atoms with Gasteiger partial charge in [0.15, 0.2) is 0 Å². The van der Waals surface area contributed by atoms with Crippen molar-refractivity contribution in [3.8, 4) is 0 Å². The molecule has 3 heterocycles. The van der Waals surface area contributed by atoms with Gasteiger partial charge in [0.2, 0.25) is 0 Å². The van der Waals surface area contributed by atoms with E-state index in [1.54, 1.807) is 0 Å². The minimum absolute atomic E-state index is 0.366. The summed E-state index contributed by atoms with van der Waals surface area (Å²) in [6.45, 7) is 1.61. The van der Waals surface area contributed by atoms with Crippen LogP contribution in [0.5, 0.6) is 0 Å². The second-order valence-electron chi connectivity index (χ2n) is 5.94. The Kier molecular flexibility index (Phi) is 3.10. The number of rotatable bonds is 2. The number of hydrogen-bond acceptors (Lipinski definition) is 3. The summed E-state index contributed by atoms with van der Waals surface area (Å²) in [7, 11) is 0. The number of aromatic nitrogens is 3. The SMILES string of the molecule is [CH3][Sn]([CH3])([CH3])[c]1nn(C2CCOC2)c2ncccc12. The van der Waals surface area contributed by atoms with Crippen molar-refractivity contribution >= 4 is 33.1 Å². The van der Waals surface area contributed by atoms with Crippen molar-refractivity contribution in [2.24, 2.45) is 0 Å². The van der Waals surface area contributed by atoms with E-state index in [2.05, 4.69) is 30.6 Å². The average Bonchev–Trinajstić information content (AvgIpc) is 2.94. The molecule has 2 aromatic heterocycles. The first-order valence-electron chi connectivity index (χ1n) is 6.49. The number of ether oxygens (including phenoxy) is 1. The van der Waals surface area contributed by atoms with Crippen molar-refractivity contribution in [2.45, 2.75) is 27.3 Å². The Morgan fingerprint density at radius 1 is 1.39 bits per heavy atom. The summed E-state index contributed by atoms with van der Waals surface area (Å²) in [5.74, 6) is 0. The summed E-state index contributed by atoms with van der Waals surface area (Å²) in [4.78, 5) is 11.7. The summed E-state index contributed by atoms with van der Waals surface area (Å²) in [5, 5.41) is 6.17. The quantitative estimate of drug-likeness (QED) is 0.776. The molecule has 0 spiro atoms. The molecule has 18 heavy (non-hydrogen) atoms. The number of fused-ring (bicyclic) bond motifs is 1. The van der Waals surface area contributed by atoms with Crippen LogP contribution in [0.3, 0.4) is 0 Å². The van der Waals surface area contributed by atoms with Gasteiger partial charge in [0.1, 0.15) is 0 Å². The van der Waals surface area contributed by atoms with E-state index < -0.39 is 18.4 Å². The van der Waals surface area contributed by atoms with Crippen LogP contribution in [0.2, 0.25) is 14.8 Å². The second kappa shape index (κ2) is 4.49. The predicted molar refractivity (Wildman–Crippen MR) is 75.0 cm³/mol. The van der Waals surface area contributed by atoms with Crippen molar-refractivity contribution in [1.29, 1.82) is 0 Å². The molecule has 3 rings (SSSR count). The molecule has 0 aliphatic carbocycles. The number of hydrogen-bond donors (Lipinski definition) is 0. The molecule has 4 nitrogen and oxygen atoms in total. The van der Waals surface area contributed by atoms with Crippen molar-refractivity contribution in [3.63, 3.8) is 0 Å². The maximum atomic E-state index is 5.48. The zero-order valence-electron chi connectivity index (χ0n) is 11.2. The number of pyridine rings is 1. The summed E-state index contributed by atoms with van der Waals surface area (Å²) < 4.78 is 8.93. The average molecular weight is 352 g/mol. The van der Waals surface area contributed by atoms with Gasteiger partial charge in [0.25, 0.3) is 0 Å². The van der Waals surface area contributed by atoms with E-state index >= 15 is 0 Å². The van der Waals surface area contributed by atoms with Gasteiger partial charge in [-0.15, -0.1) is 0 Å². The standard InChI is InChI=1S/C10H10N3O.3CH3.Sn/c1-2-8-6-12-13(10(8)11-4-1)9-3-5-14-7-9;;;;/h1-2,4,9H,3,5,7H2;3*1H3;. The van der Waals surface area contributed by atoms with E-state index in [1.807, 2.05) is 12.3 Å². The molecule has 0 radical (unpaired) electrons. The van der Waals surface area contributed by atoms with Crippen molar-refractivity contribution in [1.82, 2.24) is 14.8 Å². The Labute approximate surface area is 111 Å². The van der Waals surface area contributed by atoms with E-state index in [4.69, 9.17) is 9.84 Å². The Hall–Kier alpha value is -0.621. The first-order valence-corrected chi connectivity index (χ1v) is 16.5. The molecule has 0 N–H and O–H groups in total. The van der Waals surface area contributed by atoms with Gasteiger partial charge in [-0.2, -0.15) is 0 Å². The summed E-state index contributed by atoms with van der Waals surface area (Å²) in [6, 6.07) is 4.55. The molecule has 1 unspecified atom stereocenters. The Morgan fingerprint density at radius 3 is 2.89 bits per heavy atom. The van der Waals surface area contributed by atoms with Gasteiger partial charge in [0, 0.05) is 0 Å². The van der Waals surface area contributed by atoms with Crippen molar-refractivity contribution < 1.29 is 4.74 Å². The van der Waals surface area contributed by atoms with Crippen LogP contribution in [-0.4, -0.2) is 46.4 Å². The monoisotopic (exact) mass is 353 g/mol. The summed E-state index contributed by atoms with van der Waals surface area (Å²) >= 11 is -2.20. The van der Waals surface area contributed by atoms with Gasteiger partial charge in [-0.05, 0) is 0 Å². The van der Waals surface area contributed by atoms with E-state index in [0.29, 0.717) is 6.04 Å². The molecular formula is C13H19N3OSn. The van der Waals surface area contributed by atoms with E-state index in [-0.39, 0.29) is 0 Å². The Balaban J connectivity index is 2.20. The molecule has 5 heteroatoms. The van der Waals surface area contributed by atoms with Gasteiger partial charge in [0.05, 0.1) is 0 Å². The van der Waals surface area contributed by atoms with Crippen molar-refractivity contribution in [2.75, 3.05) is 13.2 Å². The van der Waals surface area contributed by atoms with Gasteiger partial charge in [-0.3, -0.25) is 0 Å². The van der Waals surface area contributed by atoms with Crippen LogP contribution in [0.1, 0.15) is 12.5 Å². The topological polar surface area (TPSA) is 39.9 Å².